The van der Waals surface area contributed by atoms with Crippen LogP contribution in [0.5, 0.6) is 0 Å². The van der Waals surface area contributed by atoms with Gasteiger partial charge in [0.25, 0.3) is 0 Å². The van der Waals surface area contributed by atoms with Gasteiger partial charge in [0.05, 0.1) is 10.8 Å². The molecule has 0 aromatic heterocycles. The fraction of sp³-hybridized carbons (Fsp3) is 0.400. The molecular formula is C10H14OS. The zero-order valence-electron chi connectivity index (χ0n) is 7.54. The molecule has 0 heterocycles. The molecule has 1 nitrogen and oxygen atoms in total. The second-order valence-corrected chi connectivity index (χ2v) is 4.44. The van der Waals surface area contributed by atoms with E-state index < -0.39 is 10.8 Å². The van der Waals surface area contributed by atoms with Crippen molar-refractivity contribution in [3.05, 3.63) is 29.8 Å². The summed E-state index contributed by atoms with van der Waals surface area (Å²) >= 11 is 0. The third-order valence-electron chi connectivity index (χ3n) is 1.64. The van der Waals surface area contributed by atoms with Crippen molar-refractivity contribution in [1.82, 2.24) is 0 Å². The molecule has 0 saturated carbocycles. The third-order valence-corrected chi connectivity index (χ3v) is 3.20. The van der Waals surface area contributed by atoms with Gasteiger partial charge in [-0.15, -0.1) is 0 Å². The Labute approximate surface area is 76.3 Å². The number of rotatable bonds is 3. The summed E-state index contributed by atoms with van der Waals surface area (Å²) in [5, 5.41) is 0. The second-order valence-electron chi connectivity index (χ2n) is 2.87. The van der Waals surface area contributed by atoms with Gasteiger partial charge in [0.2, 0.25) is 0 Å². The average molecular weight is 182 g/mol. The molecule has 1 aromatic rings. The quantitative estimate of drug-likeness (QED) is 0.702. The molecule has 1 rings (SSSR count). The Balaban J connectivity index is 2.81. The smallest absolute Gasteiger partial charge is 0.0529 e. The highest BCUT2D eigenvalue weighted by atomic mass is 32.2. The molecule has 0 aliphatic carbocycles. The Morgan fingerprint density at radius 1 is 1.42 bits per heavy atom. The molecule has 12 heavy (non-hydrogen) atoms. The van der Waals surface area contributed by atoms with Crippen molar-refractivity contribution >= 4 is 10.8 Å². The first-order valence-electron chi connectivity index (χ1n) is 4.19. The van der Waals surface area contributed by atoms with E-state index in [1.807, 2.05) is 38.1 Å². The molecule has 1 aromatic carbocycles. The second kappa shape index (κ2) is 4.41. The standard InChI is InChI=1S/C10H14OS/c1-3-7-12(11)10-6-4-5-9(2)8-10/h4-6,8H,3,7H2,1-2H3. The Morgan fingerprint density at radius 2 is 2.17 bits per heavy atom. The Kier molecular flexibility index (Phi) is 3.48. The minimum Gasteiger partial charge on any atom is -0.254 e. The third kappa shape index (κ3) is 2.45. The highest BCUT2D eigenvalue weighted by Gasteiger charge is 2.00. The molecule has 0 aliphatic heterocycles. The maximum Gasteiger partial charge on any atom is 0.0529 e. The van der Waals surface area contributed by atoms with Crippen molar-refractivity contribution in [2.45, 2.75) is 25.2 Å². The van der Waals surface area contributed by atoms with E-state index in [1.54, 1.807) is 0 Å². The summed E-state index contributed by atoms with van der Waals surface area (Å²) in [6.07, 6.45) is 0.973. The van der Waals surface area contributed by atoms with E-state index in [4.69, 9.17) is 0 Å². The van der Waals surface area contributed by atoms with Crippen LogP contribution in [0.2, 0.25) is 0 Å². The summed E-state index contributed by atoms with van der Waals surface area (Å²) in [5.74, 6) is 0.767. The molecule has 0 bridgehead atoms. The van der Waals surface area contributed by atoms with Gasteiger partial charge >= 0.3 is 0 Å². The first-order chi connectivity index (χ1) is 5.74. The van der Waals surface area contributed by atoms with Crippen LogP contribution in [0, 0.1) is 6.92 Å². The highest BCUT2D eigenvalue weighted by molar-refractivity contribution is 7.85. The molecule has 0 N–H and O–H groups in total. The van der Waals surface area contributed by atoms with Crippen LogP contribution >= 0.6 is 0 Å². The summed E-state index contributed by atoms with van der Waals surface area (Å²) in [6.45, 7) is 4.07. The number of hydrogen-bond donors (Lipinski definition) is 0. The van der Waals surface area contributed by atoms with Crippen LogP contribution in [0.3, 0.4) is 0 Å². The van der Waals surface area contributed by atoms with E-state index in [0.717, 1.165) is 17.1 Å². The monoisotopic (exact) mass is 182 g/mol. The van der Waals surface area contributed by atoms with Crippen molar-refractivity contribution in [3.63, 3.8) is 0 Å². The van der Waals surface area contributed by atoms with Crippen molar-refractivity contribution in [2.75, 3.05) is 5.75 Å². The van der Waals surface area contributed by atoms with Gasteiger partial charge in [-0.05, 0) is 31.0 Å². The molecule has 2 heteroatoms. The average Bonchev–Trinajstić information content (AvgIpc) is 2.05. The van der Waals surface area contributed by atoms with Gasteiger partial charge in [-0.2, -0.15) is 0 Å². The number of aryl methyl sites for hydroxylation is 1. The van der Waals surface area contributed by atoms with Crippen LogP contribution in [0.1, 0.15) is 18.9 Å². The van der Waals surface area contributed by atoms with Crippen LogP contribution in [-0.2, 0) is 10.8 Å². The fourth-order valence-corrected chi connectivity index (χ4v) is 2.21. The van der Waals surface area contributed by atoms with Gasteiger partial charge in [-0.3, -0.25) is 4.21 Å². The van der Waals surface area contributed by atoms with Crippen LogP contribution in [0.25, 0.3) is 0 Å². The topological polar surface area (TPSA) is 17.1 Å². The summed E-state index contributed by atoms with van der Waals surface area (Å²) in [5.41, 5.74) is 1.18. The molecule has 0 amide bonds. The molecule has 0 spiro atoms. The van der Waals surface area contributed by atoms with Crippen molar-refractivity contribution in [1.29, 1.82) is 0 Å². The Morgan fingerprint density at radius 3 is 2.75 bits per heavy atom. The maximum atomic E-state index is 11.5. The molecule has 0 saturated heterocycles. The van der Waals surface area contributed by atoms with Crippen LogP contribution in [0.4, 0.5) is 0 Å². The predicted octanol–water partition coefficient (Wildman–Crippen LogP) is 2.51. The lowest BCUT2D eigenvalue weighted by Gasteiger charge is -2.00. The van der Waals surface area contributed by atoms with Gasteiger partial charge < -0.3 is 0 Å². The molecule has 0 aliphatic rings. The highest BCUT2D eigenvalue weighted by Crippen LogP contribution is 2.09. The van der Waals surface area contributed by atoms with Gasteiger partial charge in [0.15, 0.2) is 0 Å². The van der Waals surface area contributed by atoms with Gasteiger partial charge in [0, 0.05) is 10.6 Å². The van der Waals surface area contributed by atoms with E-state index in [-0.39, 0.29) is 0 Å². The van der Waals surface area contributed by atoms with Gasteiger partial charge in [-0.1, -0.05) is 19.1 Å². The molecule has 0 fully saturated rings. The summed E-state index contributed by atoms with van der Waals surface area (Å²) in [4.78, 5) is 0.955. The van der Waals surface area contributed by atoms with E-state index in [1.165, 1.54) is 5.56 Å². The Hall–Kier alpha value is -0.630. The molecule has 0 radical (unpaired) electrons. The van der Waals surface area contributed by atoms with Crippen LogP contribution in [0.15, 0.2) is 29.2 Å². The molecule has 66 valence electrons. The minimum atomic E-state index is -0.794. The summed E-state index contributed by atoms with van der Waals surface area (Å²) < 4.78 is 11.5. The number of hydrogen-bond acceptors (Lipinski definition) is 1. The summed E-state index contributed by atoms with van der Waals surface area (Å²) in [7, 11) is -0.794. The molecule has 1 atom stereocenters. The molecular weight excluding hydrogens is 168 g/mol. The number of benzene rings is 1. The zero-order valence-corrected chi connectivity index (χ0v) is 8.36. The normalized spacial score (nSPS) is 12.8. The van der Waals surface area contributed by atoms with E-state index >= 15 is 0 Å². The molecule has 1 unspecified atom stereocenters. The zero-order chi connectivity index (χ0) is 8.97. The van der Waals surface area contributed by atoms with Crippen LogP contribution < -0.4 is 0 Å². The van der Waals surface area contributed by atoms with Crippen LogP contribution in [-0.4, -0.2) is 9.96 Å². The first kappa shape index (κ1) is 9.46. The maximum absolute atomic E-state index is 11.5. The Bertz CT molecular complexity index is 281. The van der Waals surface area contributed by atoms with Gasteiger partial charge in [0.1, 0.15) is 0 Å². The predicted molar refractivity (Wildman–Crippen MR) is 52.7 cm³/mol. The lowest BCUT2D eigenvalue weighted by atomic mass is 10.2. The van der Waals surface area contributed by atoms with Crippen molar-refractivity contribution < 1.29 is 4.21 Å². The minimum absolute atomic E-state index is 0.767. The summed E-state index contributed by atoms with van der Waals surface area (Å²) in [6, 6.07) is 7.90. The SMILES string of the molecule is CCCS(=O)c1cccc(C)c1. The van der Waals surface area contributed by atoms with Gasteiger partial charge in [-0.25, -0.2) is 0 Å². The fourth-order valence-electron chi connectivity index (χ4n) is 1.06. The first-order valence-corrected chi connectivity index (χ1v) is 5.51. The lowest BCUT2D eigenvalue weighted by molar-refractivity contribution is 0.682. The van der Waals surface area contributed by atoms with E-state index in [2.05, 4.69) is 0 Å². The largest absolute Gasteiger partial charge is 0.254 e. The van der Waals surface area contributed by atoms with E-state index in [9.17, 15) is 4.21 Å². The lowest BCUT2D eigenvalue weighted by Crippen LogP contribution is -1.96. The van der Waals surface area contributed by atoms with Crippen molar-refractivity contribution in [2.24, 2.45) is 0 Å². The van der Waals surface area contributed by atoms with E-state index in [0.29, 0.717) is 0 Å². The van der Waals surface area contributed by atoms with Crippen molar-refractivity contribution in [3.8, 4) is 0 Å².